The molecule has 1 aliphatic heterocycles. The van der Waals surface area contributed by atoms with Gasteiger partial charge in [0.05, 0.1) is 5.92 Å². The van der Waals surface area contributed by atoms with Gasteiger partial charge in [-0.25, -0.2) is 0 Å². The molecule has 2 nitrogen and oxygen atoms in total. The van der Waals surface area contributed by atoms with Gasteiger partial charge < -0.3 is 5.32 Å². The van der Waals surface area contributed by atoms with Gasteiger partial charge in [0, 0.05) is 16.0 Å². The molecule has 1 aromatic rings. The average molecular weight is 299 g/mol. The number of piperidine rings is 1. The molecular weight excluding hydrogens is 289 g/mol. The Morgan fingerprint density at radius 3 is 3.07 bits per heavy atom. The second kappa shape index (κ2) is 2.95. The van der Waals surface area contributed by atoms with Crippen molar-refractivity contribution in [2.24, 2.45) is 0 Å². The molecule has 1 fully saturated rings. The Bertz CT molecular complexity index is 416. The molecule has 2 unspecified atom stereocenters. The molecule has 2 atom stereocenters. The molecule has 1 heterocycles. The second-order valence-electron chi connectivity index (χ2n) is 4.00. The second-order valence-corrected chi connectivity index (χ2v) is 5.25. The van der Waals surface area contributed by atoms with Gasteiger partial charge in [0.25, 0.3) is 0 Å². The maximum absolute atomic E-state index is 11.6. The van der Waals surface area contributed by atoms with Gasteiger partial charge in [0.1, 0.15) is 0 Å². The molecule has 1 saturated heterocycles. The van der Waals surface area contributed by atoms with E-state index in [0.717, 1.165) is 13.0 Å². The summed E-state index contributed by atoms with van der Waals surface area (Å²) >= 11 is 2.30. The smallest absolute Gasteiger partial charge is 0.227 e. The zero-order chi connectivity index (χ0) is 9.71. The van der Waals surface area contributed by atoms with E-state index >= 15 is 0 Å². The normalized spacial score (nSPS) is 28.5. The highest BCUT2D eigenvalue weighted by molar-refractivity contribution is 14.1. The van der Waals surface area contributed by atoms with E-state index in [1.54, 1.807) is 0 Å². The third-order valence-corrected chi connectivity index (χ3v) is 3.89. The molecule has 2 bridgehead atoms. The molecule has 3 heteroatoms. The summed E-state index contributed by atoms with van der Waals surface area (Å²) in [6.07, 6.45) is 1.02. The molecule has 0 radical (unpaired) electrons. The lowest BCUT2D eigenvalue weighted by atomic mass is 9.97. The highest BCUT2D eigenvalue weighted by atomic mass is 127. The van der Waals surface area contributed by atoms with E-state index < -0.39 is 0 Å². The summed E-state index contributed by atoms with van der Waals surface area (Å²) in [4.78, 5) is 11.6. The van der Waals surface area contributed by atoms with Crippen molar-refractivity contribution in [3.8, 4) is 0 Å². The van der Waals surface area contributed by atoms with E-state index in [2.05, 4.69) is 46.1 Å². The van der Waals surface area contributed by atoms with Gasteiger partial charge in [-0.2, -0.15) is 0 Å². The Labute approximate surface area is 96.2 Å². The van der Waals surface area contributed by atoms with Crippen LogP contribution in [0.15, 0.2) is 18.2 Å². The molecule has 0 spiro atoms. The lowest BCUT2D eigenvalue weighted by Crippen LogP contribution is -2.34. The van der Waals surface area contributed by atoms with Gasteiger partial charge in [-0.1, -0.05) is 6.07 Å². The summed E-state index contributed by atoms with van der Waals surface area (Å²) in [6.45, 7) is 0.822. The van der Waals surface area contributed by atoms with Crippen LogP contribution in [0.3, 0.4) is 0 Å². The number of fused-ring (bicyclic) bond motifs is 5. The van der Waals surface area contributed by atoms with Gasteiger partial charge in [0.15, 0.2) is 0 Å². The molecule has 0 aromatic heterocycles. The summed E-state index contributed by atoms with van der Waals surface area (Å²) in [5.41, 5.74) is 2.64. The topological polar surface area (TPSA) is 29.1 Å². The summed E-state index contributed by atoms with van der Waals surface area (Å²) in [7, 11) is 0. The summed E-state index contributed by atoms with van der Waals surface area (Å²) in [5, 5.41) is 2.97. The fraction of sp³-hybridized carbons (Fsp3) is 0.364. The van der Waals surface area contributed by atoms with Crippen LogP contribution < -0.4 is 5.32 Å². The third-order valence-electron chi connectivity index (χ3n) is 3.22. The van der Waals surface area contributed by atoms with Crippen LogP contribution in [0.2, 0.25) is 0 Å². The van der Waals surface area contributed by atoms with E-state index in [0.29, 0.717) is 5.92 Å². The number of rotatable bonds is 0. The van der Waals surface area contributed by atoms with Gasteiger partial charge in [0.2, 0.25) is 5.91 Å². The van der Waals surface area contributed by atoms with Crippen molar-refractivity contribution in [3.05, 3.63) is 32.9 Å². The lowest BCUT2D eigenvalue weighted by molar-refractivity contribution is -0.123. The van der Waals surface area contributed by atoms with E-state index in [1.807, 2.05) is 0 Å². The molecule has 0 saturated carbocycles. The highest BCUT2D eigenvalue weighted by Crippen LogP contribution is 2.44. The minimum absolute atomic E-state index is 0.124. The van der Waals surface area contributed by atoms with Crippen LogP contribution in [0.5, 0.6) is 0 Å². The van der Waals surface area contributed by atoms with Crippen molar-refractivity contribution in [3.63, 3.8) is 0 Å². The molecule has 72 valence electrons. The molecule has 3 rings (SSSR count). The lowest BCUT2D eigenvalue weighted by Gasteiger charge is -2.19. The van der Waals surface area contributed by atoms with Gasteiger partial charge in [-0.15, -0.1) is 0 Å². The Kier molecular flexibility index (Phi) is 1.84. The van der Waals surface area contributed by atoms with E-state index in [9.17, 15) is 4.79 Å². The molecule has 14 heavy (non-hydrogen) atoms. The van der Waals surface area contributed by atoms with Crippen molar-refractivity contribution >= 4 is 28.5 Å². The van der Waals surface area contributed by atoms with Crippen molar-refractivity contribution in [1.29, 1.82) is 0 Å². The Balaban J connectivity index is 2.18. The average Bonchev–Trinajstić information content (AvgIpc) is 2.47. The number of hydrogen-bond acceptors (Lipinski definition) is 1. The van der Waals surface area contributed by atoms with E-state index in [-0.39, 0.29) is 11.8 Å². The first-order valence-corrected chi connectivity index (χ1v) is 5.90. The molecule has 1 N–H and O–H groups in total. The van der Waals surface area contributed by atoms with Crippen LogP contribution in [0.1, 0.15) is 29.4 Å². The number of carbonyl (C=O) groups excluding carboxylic acids is 1. The van der Waals surface area contributed by atoms with Gasteiger partial charge in [-0.3, -0.25) is 4.79 Å². The summed E-state index contributed by atoms with van der Waals surface area (Å²) in [6, 6.07) is 6.47. The number of hydrogen-bond donors (Lipinski definition) is 1. The first kappa shape index (κ1) is 8.71. The van der Waals surface area contributed by atoms with Crippen LogP contribution in [0, 0.1) is 3.57 Å². The van der Waals surface area contributed by atoms with Gasteiger partial charge in [-0.05, 0) is 52.3 Å². The van der Waals surface area contributed by atoms with Crippen LogP contribution in [0.4, 0.5) is 0 Å². The fourth-order valence-corrected chi connectivity index (χ4v) is 3.06. The molecular formula is C11H10INO. The predicted molar refractivity (Wildman–Crippen MR) is 62.3 cm³/mol. The van der Waals surface area contributed by atoms with Gasteiger partial charge >= 0.3 is 0 Å². The SMILES string of the molecule is O=C1NCC2CC1c1cc(I)ccc12. The van der Waals surface area contributed by atoms with E-state index in [4.69, 9.17) is 0 Å². The number of halogens is 1. The number of carbonyl (C=O) groups is 1. The Morgan fingerprint density at radius 1 is 1.36 bits per heavy atom. The number of nitrogens with one attached hydrogen (secondary N) is 1. The predicted octanol–water partition coefficient (Wildman–Crippen LogP) is 1.99. The van der Waals surface area contributed by atoms with Crippen LogP contribution in [-0.2, 0) is 4.79 Å². The van der Waals surface area contributed by atoms with E-state index in [1.165, 1.54) is 14.7 Å². The van der Waals surface area contributed by atoms with Crippen molar-refractivity contribution in [1.82, 2.24) is 5.32 Å². The van der Waals surface area contributed by atoms with Crippen LogP contribution in [0.25, 0.3) is 0 Å². The zero-order valence-corrected chi connectivity index (χ0v) is 9.74. The van der Waals surface area contributed by atoms with Crippen molar-refractivity contribution in [2.45, 2.75) is 18.3 Å². The maximum atomic E-state index is 11.6. The molecule has 1 aliphatic carbocycles. The summed E-state index contributed by atoms with van der Waals surface area (Å²) in [5.74, 6) is 0.894. The molecule has 1 aromatic carbocycles. The van der Waals surface area contributed by atoms with Crippen molar-refractivity contribution in [2.75, 3.05) is 6.54 Å². The zero-order valence-electron chi connectivity index (χ0n) is 7.59. The Morgan fingerprint density at radius 2 is 2.21 bits per heavy atom. The number of benzene rings is 1. The fourth-order valence-electron chi connectivity index (χ4n) is 2.55. The van der Waals surface area contributed by atoms with Crippen LogP contribution >= 0.6 is 22.6 Å². The first-order valence-electron chi connectivity index (χ1n) is 4.83. The number of amides is 1. The third kappa shape index (κ3) is 1.11. The maximum Gasteiger partial charge on any atom is 0.227 e. The highest BCUT2D eigenvalue weighted by Gasteiger charge is 2.39. The Hall–Kier alpha value is -0.580. The largest absolute Gasteiger partial charge is 0.355 e. The van der Waals surface area contributed by atoms with Crippen LogP contribution in [-0.4, -0.2) is 12.5 Å². The molecule has 1 amide bonds. The van der Waals surface area contributed by atoms with Crippen molar-refractivity contribution < 1.29 is 4.79 Å². The molecule has 2 aliphatic rings. The standard InChI is InChI=1S/C11H10INO/c12-7-1-2-8-6-3-10(9(8)4-7)11(14)13-5-6/h1-2,4,6,10H,3,5H2,(H,13,14). The summed E-state index contributed by atoms with van der Waals surface area (Å²) < 4.78 is 1.22. The monoisotopic (exact) mass is 299 g/mol. The minimum Gasteiger partial charge on any atom is -0.355 e. The first-order chi connectivity index (χ1) is 6.75. The quantitative estimate of drug-likeness (QED) is 0.729. The minimum atomic E-state index is 0.124.